The Morgan fingerprint density at radius 1 is 1.39 bits per heavy atom. The standard InChI is InChI=1S/C15H22N2O/c1-10-7-8-17(12(3)9-10)15(18)14-11(2)5-4-6-13(14)16/h4-6,10,12H,7-9,16H2,1-3H3. The highest BCUT2D eigenvalue weighted by Crippen LogP contribution is 2.26. The molecule has 1 fully saturated rings. The zero-order valence-electron chi connectivity index (χ0n) is 11.4. The van der Waals surface area contributed by atoms with Crippen LogP contribution in [-0.4, -0.2) is 23.4 Å². The van der Waals surface area contributed by atoms with Crippen molar-refractivity contribution in [2.45, 2.75) is 39.7 Å². The zero-order chi connectivity index (χ0) is 13.3. The van der Waals surface area contributed by atoms with Gasteiger partial charge in [0.2, 0.25) is 0 Å². The van der Waals surface area contributed by atoms with Gasteiger partial charge in [-0.1, -0.05) is 19.1 Å². The Bertz CT molecular complexity index is 436. The van der Waals surface area contributed by atoms with Gasteiger partial charge in [0.25, 0.3) is 5.91 Å². The van der Waals surface area contributed by atoms with Crippen LogP contribution in [-0.2, 0) is 0 Å². The van der Waals surface area contributed by atoms with E-state index in [0.717, 1.165) is 24.9 Å². The average molecular weight is 246 g/mol. The molecule has 1 saturated heterocycles. The largest absolute Gasteiger partial charge is 0.398 e. The predicted octanol–water partition coefficient (Wildman–Crippen LogP) is 2.84. The number of anilines is 1. The summed E-state index contributed by atoms with van der Waals surface area (Å²) in [6.45, 7) is 7.16. The van der Waals surface area contributed by atoms with Gasteiger partial charge in [-0.3, -0.25) is 4.79 Å². The molecule has 3 nitrogen and oxygen atoms in total. The molecule has 1 aromatic carbocycles. The fourth-order valence-electron chi connectivity index (χ4n) is 2.84. The fourth-order valence-corrected chi connectivity index (χ4v) is 2.84. The first-order valence-electron chi connectivity index (χ1n) is 6.66. The third kappa shape index (κ3) is 2.35. The Labute approximate surface area is 109 Å². The second kappa shape index (κ2) is 5.01. The zero-order valence-corrected chi connectivity index (χ0v) is 11.4. The molecule has 0 spiro atoms. The summed E-state index contributed by atoms with van der Waals surface area (Å²) in [5.41, 5.74) is 8.19. The highest BCUT2D eigenvalue weighted by molar-refractivity contribution is 6.00. The van der Waals surface area contributed by atoms with Crippen LogP contribution in [0.3, 0.4) is 0 Å². The highest BCUT2D eigenvalue weighted by Gasteiger charge is 2.28. The lowest BCUT2D eigenvalue weighted by molar-refractivity contribution is 0.0589. The van der Waals surface area contributed by atoms with Crippen LogP contribution in [0, 0.1) is 12.8 Å². The number of rotatable bonds is 1. The summed E-state index contributed by atoms with van der Waals surface area (Å²) in [7, 11) is 0. The van der Waals surface area contributed by atoms with E-state index in [-0.39, 0.29) is 5.91 Å². The number of nitrogen functional groups attached to an aromatic ring is 1. The number of hydrogen-bond acceptors (Lipinski definition) is 2. The Morgan fingerprint density at radius 3 is 2.72 bits per heavy atom. The molecule has 0 saturated carbocycles. The molecular weight excluding hydrogens is 224 g/mol. The van der Waals surface area contributed by atoms with E-state index < -0.39 is 0 Å². The normalized spacial score (nSPS) is 24.1. The van der Waals surface area contributed by atoms with Gasteiger partial charge in [-0.25, -0.2) is 0 Å². The Kier molecular flexibility index (Phi) is 3.60. The van der Waals surface area contributed by atoms with E-state index >= 15 is 0 Å². The van der Waals surface area contributed by atoms with E-state index in [1.807, 2.05) is 24.0 Å². The van der Waals surface area contributed by atoms with Crippen molar-refractivity contribution >= 4 is 11.6 Å². The molecule has 18 heavy (non-hydrogen) atoms. The molecule has 2 atom stereocenters. The van der Waals surface area contributed by atoms with Gasteiger partial charge in [-0.05, 0) is 44.2 Å². The molecule has 98 valence electrons. The second-order valence-electron chi connectivity index (χ2n) is 5.52. The summed E-state index contributed by atoms with van der Waals surface area (Å²) < 4.78 is 0. The van der Waals surface area contributed by atoms with E-state index in [1.54, 1.807) is 6.07 Å². The monoisotopic (exact) mass is 246 g/mol. The van der Waals surface area contributed by atoms with Crippen molar-refractivity contribution in [3.8, 4) is 0 Å². The highest BCUT2D eigenvalue weighted by atomic mass is 16.2. The third-order valence-electron chi connectivity index (χ3n) is 3.92. The summed E-state index contributed by atoms with van der Waals surface area (Å²) in [6.07, 6.45) is 2.17. The van der Waals surface area contributed by atoms with Crippen molar-refractivity contribution in [2.75, 3.05) is 12.3 Å². The van der Waals surface area contributed by atoms with Gasteiger partial charge in [0.1, 0.15) is 0 Å². The van der Waals surface area contributed by atoms with Crippen LogP contribution in [0.1, 0.15) is 42.6 Å². The maximum atomic E-state index is 12.6. The number of aryl methyl sites for hydroxylation is 1. The van der Waals surface area contributed by atoms with Crippen LogP contribution < -0.4 is 5.73 Å². The molecule has 2 rings (SSSR count). The molecule has 0 aromatic heterocycles. The first-order chi connectivity index (χ1) is 8.50. The number of carbonyl (C=O) groups excluding carboxylic acids is 1. The predicted molar refractivity (Wildman–Crippen MR) is 74.5 cm³/mol. The number of nitrogens with two attached hydrogens (primary N) is 1. The topological polar surface area (TPSA) is 46.3 Å². The Morgan fingerprint density at radius 2 is 2.11 bits per heavy atom. The molecule has 1 aromatic rings. The molecule has 1 heterocycles. The van der Waals surface area contributed by atoms with Crippen LogP contribution in [0.15, 0.2) is 18.2 Å². The van der Waals surface area contributed by atoms with Crippen molar-refractivity contribution in [3.05, 3.63) is 29.3 Å². The second-order valence-corrected chi connectivity index (χ2v) is 5.52. The van der Waals surface area contributed by atoms with E-state index in [4.69, 9.17) is 5.73 Å². The maximum Gasteiger partial charge on any atom is 0.256 e. The van der Waals surface area contributed by atoms with Crippen LogP contribution in [0.2, 0.25) is 0 Å². The number of piperidine rings is 1. The molecular formula is C15H22N2O. The molecule has 0 bridgehead atoms. The van der Waals surface area contributed by atoms with Gasteiger partial charge in [-0.15, -0.1) is 0 Å². The number of nitrogens with zero attached hydrogens (tertiary/aromatic N) is 1. The number of likely N-dealkylation sites (tertiary alicyclic amines) is 1. The Hall–Kier alpha value is -1.51. The van der Waals surface area contributed by atoms with Crippen molar-refractivity contribution in [1.82, 2.24) is 4.90 Å². The summed E-state index contributed by atoms with van der Waals surface area (Å²) in [5.74, 6) is 0.795. The molecule has 2 N–H and O–H groups in total. The van der Waals surface area contributed by atoms with E-state index in [1.165, 1.54) is 0 Å². The molecule has 1 amide bonds. The summed E-state index contributed by atoms with van der Waals surface area (Å²) in [5, 5.41) is 0. The first-order valence-corrected chi connectivity index (χ1v) is 6.66. The van der Waals surface area contributed by atoms with Gasteiger partial charge in [0, 0.05) is 18.3 Å². The smallest absolute Gasteiger partial charge is 0.256 e. The average Bonchev–Trinajstić information content (AvgIpc) is 2.28. The van der Waals surface area contributed by atoms with Crippen LogP contribution in [0.25, 0.3) is 0 Å². The number of hydrogen-bond donors (Lipinski definition) is 1. The van der Waals surface area contributed by atoms with Gasteiger partial charge in [0.15, 0.2) is 0 Å². The van der Waals surface area contributed by atoms with Gasteiger partial charge >= 0.3 is 0 Å². The van der Waals surface area contributed by atoms with Crippen molar-refractivity contribution in [1.29, 1.82) is 0 Å². The SMILES string of the molecule is Cc1cccc(N)c1C(=O)N1CCC(C)CC1C. The van der Waals surface area contributed by atoms with E-state index in [0.29, 0.717) is 23.2 Å². The molecule has 0 aliphatic carbocycles. The molecule has 1 aliphatic heterocycles. The first kappa shape index (κ1) is 12.9. The number of benzene rings is 1. The lowest BCUT2D eigenvalue weighted by atomic mass is 9.92. The maximum absolute atomic E-state index is 12.6. The quantitative estimate of drug-likeness (QED) is 0.774. The Balaban J connectivity index is 2.26. The summed E-state index contributed by atoms with van der Waals surface area (Å²) in [6, 6.07) is 5.95. The third-order valence-corrected chi connectivity index (χ3v) is 3.92. The lowest BCUT2D eigenvalue weighted by Gasteiger charge is -2.37. The number of amides is 1. The molecule has 3 heteroatoms. The van der Waals surface area contributed by atoms with Gasteiger partial charge < -0.3 is 10.6 Å². The fraction of sp³-hybridized carbons (Fsp3) is 0.533. The van der Waals surface area contributed by atoms with Crippen molar-refractivity contribution in [2.24, 2.45) is 5.92 Å². The van der Waals surface area contributed by atoms with E-state index in [9.17, 15) is 4.79 Å². The van der Waals surface area contributed by atoms with Crippen LogP contribution in [0.4, 0.5) is 5.69 Å². The van der Waals surface area contributed by atoms with Gasteiger partial charge in [-0.2, -0.15) is 0 Å². The summed E-state index contributed by atoms with van der Waals surface area (Å²) >= 11 is 0. The van der Waals surface area contributed by atoms with Crippen LogP contribution in [0.5, 0.6) is 0 Å². The lowest BCUT2D eigenvalue weighted by Crippen LogP contribution is -2.44. The minimum Gasteiger partial charge on any atom is -0.398 e. The van der Waals surface area contributed by atoms with E-state index in [2.05, 4.69) is 13.8 Å². The molecule has 2 unspecified atom stereocenters. The molecule has 1 aliphatic rings. The van der Waals surface area contributed by atoms with Crippen molar-refractivity contribution < 1.29 is 4.79 Å². The minimum atomic E-state index is 0.0880. The number of carbonyl (C=O) groups is 1. The van der Waals surface area contributed by atoms with Crippen molar-refractivity contribution in [3.63, 3.8) is 0 Å². The summed E-state index contributed by atoms with van der Waals surface area (Å²) in [4.78, 5) is 14.6. The minimum absolute atomic E-state index is 0.0880. The van der Waals surface area contributed by atoms with Gasteiger partial charge in [0.05, 0.1) is 5.56 Å². The van der Waals surface area contributed by atoms with Crippen LogP contribution >= 0.6 is 0 Å². The molecule has 0 radical (unpaired) electrons.